The second kappa shape index (κ2) is 6.26. The highest BCUT2D eigenvalue weighted by atomic mass is 35.5. The molecule has 0 saturated carbocycles. The van der Waals surface area contributed by atoms with Crippen LogP contribution in [-0.2, 0) is 9.53 Å². The van der Waals surface area contributed by atoms with E-state index >= 15 is 0 Å². The minimum Gasteiger partial charge on any atom is -0.495 e. The van der Waals surface area contributed by atoms with Crippen LogP contribution in [0.2, 0.25) is 5.02 Å². The first-order valence-electron chi connectivity index (χ1n) is 6.38. The molecular weight excluding hydrogens is 266 g/mol. The maximum Gasteiger partial charge on any atom is 0.310 e. The van der Waals surface area contributed by atoms with Gasteiger partial charge in [-0.3, -0.25) is 4.79 Å². The number of methoxy groups -OCH3 is 1. The first kappa shape index (κ1) is 14.2. The van der Waals surface area contributed by atoms with E-state index in [4.69, 9.17) is 21.1 Å². The molecule has 19 heavy (non-hydrogen) atoms. The van der Waals surface area contributed by atoms with Crippen molar-refractivity contribution in [3.63, 3.8) is 0 Å². The number of ether oxygens (including phenoxy) is 2. The molecule has 2 unspecified atom stereocenters. The zero-order valence-electron chi connectivity index (χ0n) is 11.1. The van der Waals surface area contributed by atoms with Crippen LogP contribution in [0.4, 0.5) is 0 Å². The van der Waals surface area contributed by atoms with Crippen molar-refractivity contribution in [1.29, 1.82) is 0 Å². The maximum atomic E-state index is 11.9. The maximum absolute atomic E-state index is 11.9. The zero-order chi connectivity index (χ0) is 13.8. The Morgan fingerprint density at radius 2 is 2.26 bits per heavy atom. The van der Waals surface area contributed by atoms with Gasteiger partial charge in [-0.2, -0.15) is 0 Å². The van der Waals surface area contributed by atoms with E-state index in [9.17, 15) is 4.79 Å². The van der Waals surface area contributed by atoms with E-state index in [-0.39, 0.29) is 17.8 Å². The Kier molecular flexibility index (Phi) is 4.66. The number of rotatable bonds is 4. The molecular formula is C14H18ClNO3. The van der Waals surface area contributed by atoms with Gasteiger partial charge in [0.2, 0.25) is 0 Å². The topological polar surface area (TPSA) is 47.6 Å². The van der Waals surface area contributed by atoms with Gasteiger partial charge in [-0.1, -0.05) is 17.7 Å². The van der Waals surface area contributed by atoms with Crippen molar-refractivity contribution < 1.29 is 14.3 Å². The Labute approximate surface area is 118 Å². The fraction of sp³-hybridized carbons (Fsp3) is 0.500. The Morgan fingerprint density at radius 3 is 2.95 bits per heavy atom. The number of halogens is 1. The van der Waals surface area contributed by atoms with E-state index in [1.807, 2.05) is 19.1 Å². The Balaban J connectivity index is 2.22. The largest absolute Gasteiger partial charge is 0.495 e. The normalized spacial score (nSPS) is 22.3. The van der Waals surface area contributed by atoms with E-state index < -0.39 is 0 Å². The zero-order valence-corrected chi connectivity index (χ0v) is 11.9. The average Bonchev–Trinajstić information content (AvgIpc) is 2.89. The summed E-state index contributed by atoms with van der Waals surface area (Å²) in [5.74, 6) is 0.441. The summed E-state index contributed by atoms with van der Waals surface area (Å²) in [5.41, 5.74) is 1.05. The van der Waals surface area contributed by atoms with Gasteiger partial charge in [0.25, 0.3) is 0 Å². The van der Waals surface area contributed by atoms with Crippen LogP contribution in [-0.4, -0.2) is 32.8 Å². The van der Waals surface area contributed by atoms with Crippen LogP contribution in [0.1, 0.15) is 18.4 Å². The third-order valence-corrected chi connectivity index (χ3v) is 3.72. The van der Waals surface area contributed by atoms with Crippen LogP contribution >= 0.6 is 11.6 Å². The van der Waals surface area contributed by atoms with E-state index in [2.05, 4.69) is 5.32 Å². The van der Waals surface area contributed by atoms with Gasteiger partial charge in [0, 0.05) is 19.0 Å². The number of hydrogen-bond donors (Lipinski definition) is 1. The molecule has 0 amide bonds. The van der Waals surface area contributed by atoms with E-state index in [1.165, 1.54) is 0 Å². The third kappa shape index (κ3) is 3.01. The van der Waals surface area contributed by atoms with Crippen LogP contribution in [0.5, 0.6) is 5.75 Å². The summed E-state index contributed by atoms with van der Waals surface area (Å²) in [6.45, 7) is 3.63. The summed E-state index contributed by atoms with van der Waals surface area (Å²) in [5, 5.41) is 3.81. The summed E-state index contributed by atoms with van der Waals surface area (Å²) in [6.07, 6.45) is 0. The predicted molar refractivity (Wildman–Crippen MR) is 73.7 cm³/mol. The van der Waals surface area contributed by atoms with Crippen LogP contribution in [0.25, 0.3) is 0 Å². The second-order valence-corrected chi connectivity index (χ2v) is 4.92. The lowest BCUT2D eigenvalue weighted by Crippen LogP contribution is -2.24. The molecule has 104 valence electrons. The molecule has 1 saturated heterocycles. The van der Waals surface area contributed by atoms with Crippen molar-refractivity contribution in [2.24, 2.45) is 5.92 Å². The van der Waals surface area contributed by atoms with Crippen LogP contribution in [0.15, 0.2) is 18.2 Å². The number of esters is 1. The molecule has 0 bridgehead atoms. The fourth-order valence-corrected chi connectivity index (χ4v) is 2.63. The molecule has 0 aliphatic carbocycles. The number of hydrogen-bond acceptors (Lipinski definition) is 4. The fourth-order valence-electron chi connectivity index (χ4n) is 2.43. The van der Waals surface area contributed by atoms with Crippen molar-refractivity contribution in [2.75, 3.05) is 26.8 Å². The highest BCUT2D eigenvalue weighted by Gasteiger charge is 2.35. The monoisotopic (exact) mass is 283 g/mol. The van der Waals surface area contributed by atoms with Gasteiger partial charge in [-0.25, -0.2) is 0 Å². The summed E-state index contributed by atoms with van der Waals surface area (Å²) in [7, 11) is 1.58. The SMILES string of the molecule is CCOC(=O)C1CNCC1c1ccc(Cl)c(OC)c1. The van der Waals surface area contributed by atoms with Gasteiger partial charge < -0.3 is 14.8 Å². The lowest BCUT2D eigenvalue weighted by atomic mass is 9.89. The first-order chi connectivity index (χ1) is 9.17. The molecule has 2 atom stereocenters. The number of carbonyl (C=O) groups is 1. The molecule has 1 aliphatic rings. The standard InChI is InChI=1S/C14H18ClNO3/c1-3-19-14(17)11-8-16-7-10(11)9-4-5-12(15)13(6-9)18-2/h4-6,10-11,16H,3,7-8H2,1-2H3. The van der Waals surface area contributed by atoms with Crippen LogP contribution in [0, 0.1) is 5.92 Å². The minimum absolute atomic E-state index is 0.102. The van der Waals surface area contributed by atoms with Crippen molar-refractivity contribution in [3.8, 4) is 5.75 Å². The van der Waals surface area contributed by atoms with Crippen molar-refractivity contribution in [3.05, 3.63) is 28.8 Å². The molecule has 1 heterocycles. The van der Waals surface area contributed by atoms with Gasteiger partial charge in [-0.15, -0.1) is 0 Å². The Morgan fingerprint density at radius 1 is 1.47 bits per heavy atom. The quantitative estimate of drug-likeness (QED) is 0.861. The first-order valence-corrected chi connectivity index (χ1v) is 6.76. The van der Waals surface area contributed by atoms with Crippen molar-refractivity contribution in [2.45, 2.75) is 12.8 Å². The number of nitrogens with one attached hydrogen (secondary N) is 1. The van der Waals surface area contributed by atoms with Gasteiger partial charge in [0.05, 0.1) is 24.7 Å². The molecule has 1 fully saturated rings. The van der Waals surface area contributed by atoms with Crippen LogP contribution < -0.4 is 10.1 Å². The number of benzene rings is 1. The summed E-state index contributed by atoms with van der Waals surface area (Å²) < 4.78 is 10.3. The van der Waals surface area contributed by atoms with E-state index in [1.54, 1.807) is 13.2 Å². The summed E-state index contributed by atoms with van der Waals surface area (Å²) in [4.78, 5) is 11.9. The van der Waals surface area contributed by atoms with Gasteiger partial charge in [-0.05, 0) is 24.6 Å². The molecule has 0 spiro atoms. The van der Waals surface area contributed by atoms with Gasteiger partial charge in [0.15, 0.2) is 0 Å². The molecule has 1 aromatic rings. The van der Waals surface area contributed by atoms with Gasteiger partial charge in [0.1, 0.15) is 5.75 Å². The highest BCUT2D eigenvalue weighted by molar-refractivity contribution is 6.32. The predicted octanol–water partition coefficient (Wildman–Crippen LogP) is 2.21. The molecule has 1 aliphatic heterocycles. The van der Waals surface area contributed by atoms with E-state index in [0.717, 1.165) is 12.1 Å². The number of carbonyl (C=O) groups excluding carboxylic acids is 1. The average molecular weight is 284 g/mol. The molecule has 1 N–H and O–H groups in total. The summed E-state index contributed by atoms with van der Waals surface area (Å²) in [6, 6.07) is 5.64. The molecule has 0 radical (unpaired) electrons. The molecule has 0 aromatic heterocycles. The lowest BCUT2D eigenvalue weighted by molar-refractivity contribution is -0.147. The molecule has 5 heteroatoms. The molecule has 4 nitrogen and oxygen atoms in total. The molecule has 1 aromatic carbocycles. The minimum atomic E-state index is -0.147. The lowest BCUT2D eigenvalue weighted by Gasteiger charge is -2.18. The smallest absolute Gasteiger partial charge is 0.310 e. The Hall–Kier alpha value is -1.26. The van der Waals surface area contributed by atoms with Crippen molar-refractivity contribution in [1.82, 2.24) is 5.32 Å². The summed E-state index contributed by atoms with van der Waals surface area (Å²) >= 11 is 6.02. The molecule has 2 rings (SSSR count). The highest BCUT2D eigenvalue weighted by Crippen LogP contribution is 2.34. The third-order valence-electron chi connectivity index (χ3n) is 3.41. The van der Waals surface area contributed by atoms with Crippen LogP contribution in [0.3, 0.4) is 0 Å². The van der Waals surface area contributed by atoms with Gasteiger partial charge >= 0.3 is 5.97 Å². The Bertz CT molecular complexity index is 464. The second-order valence-electron chi connectivity index (χ2n) is 4.52. The van der Waals surface area contributed by atoms with Crippen molar-refractivity contribution >= 4 is 17.6 Å². The van der Waals surface area contributed by atoms with E-state index in [0.29, 0.717) is 23.9 Å².